The molecular weight excluding hydrogens is 426 g/mol. The zero-order chi connectivity index (χ0) is 24.3. The van der Waals surface area contributed by atoms with Gasteiger partial charge in [0.15, 0.2) is 0 Å². The van der Waals surface area contributed by atoms with Crippen LogP contribution in [0.25, 0.3) is 5.76 Å². The molecule has 1 aliphatic rings. The van der Waals surface area contributed by atoms with Gasteiger partial charge >= 0.3 is 0 Å². The van der Waals surface area contributed by atoms with E-state index in [2.05, 4.69) is 0 Å². The van der Waals surface area contributed by atoms with Crippen molar-refractivity contribution in [3.8, 4) is 5.75 Å². The lowest BCUT2D eigenvalue weighted by molar-refractivity contribution is -0.384. The van der Waals surface area contributed by atoms with Crippen molar-refractivity contribution >= 4 is 23.1 Å². The first-order chi connectivity index (χ1) is 15.6. The summed E-state index contributed by atoms with van der Waals surface area (Å²) in [5, 5.41) is 22.5. The largest absolute Gasteiger partial charge is 0.507 e. The number of methoxy groups -OCH3 is 1. The predicted molar refractivity (Wildman–Crippen MR) is 123 cm³/mol. The number of rotatable bonds is 8. The number of nitrogens with zero attached hydrogens (tertiary/aromatic N) is 3. The number of carbonyl (C=O) groups excluding carboxylic acids is 2. The molecule has 0 unspecified atom stereocenters. The normalized spacial score (nSPS) is 17.6. The van der Waals surface area contributed by atoms with Gasteiger partial charge in [-0.05, 0) is 63.3 Å². The number of ketones is 1. The number of hydrogen-bond acceptors (Lipinski definition) is 7. The molecule has 1 aliphatic heterocycles. The molecule has 0 saturated carbocycles. The van der Waals surface area contributed by atoms with Crippen molar-refractivity contribution in [1.82, 2.24) is 9.80 Å². The molecule has 2 aromatic carbocycles. The minimum Gasteiger partial charge on any atom is -0.507 e. The quantitative estimate of drug-likeness (QED) is 0.215. The molecule has 2 aromatic rings. The van der Waals surface area contributed by atoms with Crippen LogP contribution in [-0.4, -0.2) is 65.8 Å². The molecule has 1 saturated heterocycles. The van der Waals surface area contributed by atoms with E-state index in [-0.39, 0.29) is 23.6 Å². The number of benzene rings is 2. The lowest BCUT2D eigenvalue weighted by Gasteiger charge is -2.26. The van der Waals surface area contributed by atoms with Gasteiger partial charge in [0.2, 0.25) is 0 Å². The number of aliphatic hydroxyl groups excluding tert-OH is 1. The highest BCUT2D eigenvalue weighted by molar-refractivity contribution is 6.46. The molecule has 1 heterocycles. The maximum atomic E-state index is 13.1. The van der Waals surface area contributed by atoms with E-state index in [1.807, 2.05) is 19.0 Å². The van der Waals surface area contributed by atoms with Gasteiger partial charge in [-0.3, -0.25) is 19.7 Å². The maximum absolute atomic E-state index is 13.1. The van der Waals surface area contributed by atoms with Gasteiger partial charge in [0.25, 0.3) is 17.4 Å². The summed E-state index contributed by atoms with van der Waals surface area (Å²) in [4.78, 5) is 40.2. The summed E-state index contributed by atoms with van der Waals surface area (Å²) < 4.78 is 5.26. The lowest BCUT2D eigenvalue weighted by Crippen LogP contribution is -2.32. The standard InChI is InChI=1S/C24H27N3O6/c1-15-13-17(9-10-19(15)33-4)22(28)20-21(16-7-5-8-18(14-16)27(31)32)26(24(30)23(20)29)12-6-11-25(2)3/h5,7-10,13-14,21,28H,6,11-12H2,1-4H3/t21-/m1/s1. The van der Waals surface area contributed by atoms with Crippen LogP contribution in [0.1, 0.15) is 29.2 Å². The Labute approximate surface area is 192 Å². The van der Waals surface area contributed by atoms with Gasteiger partial charge in [-0.25, -0.2) is 0 Å². The van der Waals surface area contributed by atoms with Gasteiger partial charge in [-0.2, -0.15) is 0 Å². The number of non-ortho nitro benzene ring substituents is 1. The Morgan fingerprint density at radius 3 is 2.55 bits per heavy atom. The SMILES string of the molecule is COc1ccc(C(O)=C2C(=O)C(=O)N(CCCN(C)C)[C@@H]2c2cccc([N+](=O)[O-])c2)cc1C. The van der Waals surface area contributed by atoms with Crippen molar-refractivity contribution in [2.75, 3.05) is 34.3 Å². The first kappa shape index (κ1) is 23.9. The third-order valence-electron chi connectivity index (χ3n) is 5.61. The van der Waals surface area contributed by atoms with E-state index in [4.69, 9.17) is 4.74 Å². The van der Waals surface area contributed by atoms with E-state index in [0.717, 1.165) is 5.56 Å². The predicted octanol–water partition coefficient (Wildman–Crippen LogP) is 3.29. The number of aryl methyl sites for hydroxylation is 1. The summed E-state index contributed by atoms with van der Waals surface area (Å²) in [5.74, 6) is -1.27. The van der Waals surface area contributed by atoms with E-state index < -0.39 is 22.7 Å². The Morgan fingerprint density at radius 1 is 1.21 bits per heavy atom. The van der Waals surface area contributed by atoms with E-state index in [1.54, 1.807) is 31.2 Å². The molecule has 0 radical (unpaired) electrons. The second kappa shape index (κ2) is 9.83. The molecule has 0 spiro atoms. The zero-order valence-electron chi connectivity index (χ0n) is 19.1. The van der Waals surface area contributed by atoms with Crippen LogP contribution in [0.5, 0.6) is 5.75 Å². The highest BCUT2D eigenvalue weighted by atomic mass is 16.6. The number of ether oxygens (including phenoxy) is 1. The number of amides is 1. The highest BCUT2D eigenvalue weighted by Gasteiger charge is 2.46. The van der Waals surface area contributed by atoms with E-state index >= 15 is 0 Å². The Balaban J connectivity index is 2.15. The second-order valence-corrected chi connectivity index (χ2v) is 8.19. The first-order valence-electron chi connectivity index (χ1n) is 10.5. The third-order valence-corrected chi connectivity index (χ3v) is 5.61. The van der Waals surface area contributed by atoms with Crippen LogP contribution < -0.4 is 4.74 Å². The van der Waals surface area contributed by atoms with Crippen molar-refractivity contribution in [3.63, 3.8) is 0 Å². The number of likely N-dealkylation sites (tertiary alicyclic amines) is 1. The van der Waals surface area contributed by atoms with Gasteiger partial charge in [0.1, 0.15) is 11.5 Å². The Morgan fingerprint density at radius 2 is 1.94 bits per heavy atom. The number of aliphatic hydroxyl groups is 1. The minimum absolute atomic E-state index is 0.0880. The molecule has 0 aromatic heterocycles. The molecule has 1 amide bonds. The summed E-state index contributed by atoms with van der Waals surface area (Å²) >= 11 is 0. The van der Waals surface area contributed by atoms with Crippen molar-refractivity contribution in [1.29, 1.82) is 0 Å². The van der Waals surface area contributed by atoms with Gasteiger partial charge in [0.05, 0.1) is 23.6 Å². The summed E-state index contributed by atoms with van der Waals surface area (Å²) in [6.07, 6.45) is 0.590. The van der Waals surface area contributed by atoms with Crippen molar-refractivity contribution in [2.45, 2.75) is 19.4 Å². The van der Waals surface area contributed by atoms with Crippen molar-refractivity contribution < 1.29 is 24.4 Å². The number of nitro benzene ring substituents is 1. The number of nitro groups is 1. The molecule has 0 aliphatic carbocycles. The molecular formula is C24H27N3O6. The molecule has 1 fully saturated rings. The summed E-state index contributed by atoms with van der Waals surface area (Å²) in [5.41, 5.74) is 1.24. The molecule has 0 bridgehead atoms. The number of carbonyl (C=O) groups is 2. The Hall–Kier alpha value is -3.72. The molecule has 174 valence electrons. The third kappa shape index (κ3) is 4.88. The lowest BCUT2D eigenvalue weighted by atomic mass is 9.94. The van der Waals surface area contributed by atoms with Crippen LogP contribution in [0.2, 0.25) is 0 Å². The van der Waals surface area contributed by atoms with E-state index in [1.165, 1.54) is 30.2 Å². The van der Waals surface area contributed by atoms with Crippen LogP contribution in [-0.2, 0) is 9.59 Å². The van der Waals surface area contributed by atoms with Gasteiger partial charge in [-0.1, -0.05) is 12.1 Å². The fraction of sp³-hybridized carbons (Fsp3) is 0.333. The van der Waals surface area contributed by atoms with Gasteiger partial charge in [-0.15, -0.1) is 0 Å². The van der Waals surface area contributed by atoms with Crippen LogP contribution in [0.4, 0.5) is 5.69 Å². The average Bonchev–Trinajstić information content (AvgIpc) is 3.03. The molecule has 9 heteroatoms. The van der Waals surface area contributed by atoms with Crippen molar-refractivity contribution in [2.24, 2.45) is 0 Å². The first-order valence-corrected chi connectivity index (χ1v) is 10.5. The molecule has 33 heavy (non-hydrogen) atoms. The maximum Gasteiger partial charge on any atom is 0.295 e. The van der Waals surface area contributed by atoms with E-state index in [9.17, 15) is 24.8 Å². The highest BCUT2D eigenvalue weighted by Crippen LogP contribution is 2.40. The average molecular weight is 453 g/mol. The summed E-state index contributed by atoms with van der Waals surface area (Å²) in [7, 11) is 5.33. The smallest absolute Gasteiger partial charge is 0.295 e. The van der Waals surface area contributed by atoms with E-state index in [0.29, 0.717) is 29.8 Å². The molecule has 3 rings (SSSR count). The summed E-state index contributed by atoms with van der Waals surface area (Å²) in [6.45, 7) is 2.74. The van der Waals surface area contributed by atoms with Crippen LogP contribution in [0.15, 0.2) is 48.0 Å². The zero-order valence-corrected chi connectivity index (χ0v) is 19.1. The minimum atomic E-state index is -0.936. The monoisotopic (exact) mass is 453 g/mol. The number of hydrogen-bond donors (Lipinski definition) is 1. The Bertz CT molecular complexity index is 1120. The van der Waals surface area contributed by atoms with Crippen molar-refractivity contribution in [3.05, 3.63) is 74.8 Å². The molecule has 1 N–H and O–H groups in total. The number of Topliss-reactive ketones (excluding diaryl/α,β-unsaturated/α-hetero) is 1. The van der Waals surface area contributed by atoms with Crippen LogP contribution in [0, 0.1) is 17.0 Å². The second-order valence-electron chi connectivity index (χ2n) is 8.19. The molecule has 9 nitrogen and oxygen atoms in total. The van der Waals surface area contributed by atoms with Gasteiger partial charge in [0, 0.05) is 24.2 Å². The van der Waals surface area contributed by atoms with Crippen LogP contribution in [0.3, 0.4) is 0 Å². The fourth-order valence-corrected chi connectivity index (χ4v) is 4.00. The fourth-order valence-electron chi connectivity index (χ4n) is 4.00. The molecule has 1 atom stereocenters. The van der Waals surface area contributed by atoms with Crippen LogP contribution >= 0.6 is 0 Å². The van der Waals surface area contributed by atoms with Gasteiger partial charge < -0.3 is 19.6 Å². The summed E-state index contributed by atoms with van der Waals surface area (Å²) in [6, 6.07) is 9.80. The Kier molecular flexibility index (Phi) is 7.13. The topological polar surface area (TPSA) is 113 Å².